The number of phenols is 1. The largest absolute Gasteiger partial charge is 0.507 e. The predicted molar refractivity (Wildman–Crippen MR) is 82.5 cm³/mol. The van der Waals surface area contributed by atoms with Crippen molar-refractivity contribution in [1.82, 2.24) is 5.32 Å². The molecule has 0 aliphatic carbocycles. The van der Waals surface area contributed by atoms with E-state index in [1.54, 1.807) is 6.07 Å². The van der Waals surface area contributed by atoms with Crippen molar-refractivity contribution in [2.45, 2.75) is 19.5 Å². The van der Waals surface area contributed by atoms with Gasteiger partial charge in [0.25, 0.3) is 0 Å². The van der Waals surface area contributed by atoms with E-state index in [1.165, 1.54) is 5.56 Å². The first kappa shape index (κ1) is 14.4. The Hall–Kier alpha value is -1.03. The highest BCUT2D eigenvalue weighted by atomic mass is 79.9. The van der Waals surface area contributed by atoms with Crippen LogP contribution in [0.15, 0.2) is 46.9 Å². The molecule has 0 bridgehead atoms. The van der Waals surface area contributed by atoms with Gasteiger partial charge in [0, 0.05) is 17.6 Å². The van der Waals surface area contributed by atoms with Crippen molar-refractivity contribution in [1.29, 1.82) is 0 Å². The van der Waals surface area contributed by atoms with Gasteiger partial charge in [-0.1, -0.05) is 29.8 Å². The van der Waals surface area contributed by atoms with Crippen LogP contribution in [0, 0.1) is 0 Å². The molecule has 2 aromatic carbocycles. The van der Waals surface area contributed by atoms with Crippen molar-refractivity contribution >= 4 is 27.5 Å². The summed E-state index contributed by atoms with van der Waals surface area (Å²) < 4.78 is 0.714. The van der Waals surface area contributed by atoms with E-state index in [1.807, 2.05) is 36.4 Å². The molecule has 2 nitrogen and oxygen atoms in total. The van der Waals surface area contributed by atoms with Gasteiger partial charge in [-0.05, 0) is 58.2 Å². The van der Waals surface area contributed by atoms with Crippen LogP contribution in [-0.4, -0.2) is 5.11 Å². The first-order chi connectivity index (χ1) is 9.06. The third kappa shape index (κ3) is 3.96. The summed E-state index contributed by atoms with van der Waals surface area (Å²) in [7, 11) is 0. The second-order valence-corrected chi connectivity index (χ2v) is 5.73. The van der Waals surface area contributed by atoms with Gasteiger partial charge in [-0.3, -0.25) is 0 Å². The van der Waals surface area contributed by atoms with Crippen LogP contribution in [0.25, 0.3) is 0 Å². The van der Waals surface area contributed by atoms with Gasteiger partial charge < -0.3 is 10.4 Å². The summed E-state index contributed by atoms with van der Waals surface area (Å²) in [6.45, 7) is 2.85. The van der Waals surface area contributed by atoms with Crippen LogP contribution >= 0.6 is 27.5 Å². The summed E-state index contributed by atoms with van der Waals surface area (Å²) in [5, 5.41) is 13.6. The third-order valence-electron chi connectivity index (χ3n) is 2.99. The molecule has 2 N–H and O–H groups in total. The molecule has 4 heteroatoms. The summed E-state index contributed by atoms with van der Waals surface area (Å²) in [5.41, 5.74) is 2.31. The normalized spacial score (nSPS) is 12.4. The van der Waals surface area contributed by atoms with Crippen LogP contribution in [-0.2, 0) is 6.54 Å². The number of hydrogen-bond donors (Lipinski definition) is 2. The number of nitrogens with one attached hydrogen (secondary N) is 1. The molecule has 2 aromatic rings. The van der Waals surface area contributed by atoms with Gasteiger partial charge in [0.1, 0.15) is 5.75 Å². The maximum absolute atomic E-state index is 9.45. The number of aromatic hydroxyl groups is 1. The number of halogens is 2. The van der Waals surface area contributed by atoms with Crippen molar-refractivity contribution in [2.24, 2.45) is 0 Å². The van der Waals surface area contributed by atoms with Crippen LogP contribution in [0.2, 0.25) is 5.02 Å². The molecule has 0 aromatic heterocycles. The van der Waals surface area contributed by atoms with Gasteiger partial charge in [0.15, 0.2) is 0 Å². The van der Waals surface area contributed by atoms with E-state index in [4.69, 9.17) is 11.6 Å². The highest BCUT2D eigenvalue weighted by Gasteiger charge is 2.05. The highest BCUT2D eigenvalue weighted by molar-refractivity contribution is 9.10. The van der Waals surface area contributed by atoms with Gasteiger partial charge >= 0.3 is 0 Å². The molecule has 0 unspecified atom stereocenters. The SMILES string of the molecule is C[C@@H](NCc1ccc(O)c(Br)c1)c1ccc(Cl)cc1. The maximum atomic E-state index is 9.45. The van der Waals surface area contributed by atoms with Crippen molar-refractivity contribution < 1.29 is 5.11 Å². The molecule has 0 spiro atoms. The lowest BCUT2D eigenvalue weighted by Gasteiger charge is -2.14. The monoisotopic (exact) mass is 339 g/mol. The quantitative estimate of drug-likeness (QED) is 0.848. The Bertz CT molecular complexity index is 557. The van der Waals surface area contributed by atoms with E-state index in [0.29, 0.717) is 4.47 Å². The zero-order chi connectivity index (χ0) is 13.8. The van der Waals surface area contributed by atoms with E-state index in [0.717, 1.165) is 17.1 Å². The minimum absolute atomic E-state index is 0.241. The Morgan fingerprint density at radius 3 is 2.53 bits per heavy atom. The summed E-state index contributed by atoms with van der Waals surface area (Å²) in [6.07, 6.45) is 0. The topological polar surface area (TPSA) is 32.3 Å². The highest BCUT2D eigenvalue weighted by Crippen LogP contribution is 2.24. The lowest BCUT2D eigenvalue weighted by Crippen LogP contribution is -2.17. The molecular formula is C15H15BrClNO. The molecule has 2 rings (SSSR count). The average molecular weight is 341 g/mol. The molecule has 19 heavy (non-hydrogen) atoms. The van der Waals surface area contributed by atoms with Crippen molar-refractivity contribution in [3.63, 3.8) is 0 Å². The number of hydrogen-bond acceptors (Lipinski definition) is 2. The van der Waals surface area contributed by atoms with E-state index < -0.39 is 0 Å². The van der Waals surface area contributed by atoms with Crippen molar-refractivity contribution in [3.05, 3.63) is 63.1 Å². The molecule has 0 amide bonds. The lowest BCUT2D eigenvalue weighted by molar-refractivity contribution is 0.471. The van der Waals surface area contributed by atoms with Crippen LogP contribution in [0.1, 0.15) is 24.1 Å². The second kappa shape index (κ2) is 6.42. The summed E-state index contributed by atoms with van der Waals surface area (Å²) in [5.74, 6) is 0.259. The fourth-order valence-corrected chi connectivity index (χ4v) is 2.35. The van der Waals surface area contributed by atoms with Crippen molar-refractivity contribution in [2.75, 3.05) is 0 Å². The fourth-order valence-electron chi connectivity index (χ4n) is 1.80. The van der Waals surface area contributed by atoms with Gasteiger partial charge in [0.05, 0.1) is 4.47 Å². The fraction of sp³-hybridized carbons (Fsp3) is 0.200. The Kier molecular flexibility index (Phi) is 4.86. The van der Waals surface area contributed by atoms with Gasteiger partial charge in [-0.15, -0.1) is 0 Å². The van der Waals surface area contributed by atoms with Gasteiger partial charge in [0.2, 0.25) is 0 Å². The summed E-state index contributed by atoms with van der Waals surface area (Å²) in [6, 6.07) is 13.6. The smallest absolute Gasteiger partial charge is 0.129 e. The summed E-state index contributed by atoms with van der Waals surface area (Å²) >= 11 is 9.19. The molecule has 1 atom stereocenters. The molecule has 0 fully saturated rings. The molecule has 0 aliphatic rings. The third-order valence-corrected chi connectivity index (χ3v) is 3.88. The zero-order valence-electron chi connectivity index (χ0n) is 10.5. The van der Waals surface area contributed by atoms with E-state index >= 15 is 0 Å². The Morgan fingerprint density at radius 2 is 1.89 bits per heavy atom. The number of benzene rings is 2. The molecule has 0 saturated heterocycles. The lowest BCUT2D eigenvalue weighted by atomic mass is 10.1. The molecule has 0 aliphatic heterocycles. The molecule has 0 heterocycles. The Morgan fingerprint density at radius 1 is 1.21 bits per heavy atom. The minimum Gasteiger partial charge on any atom is -0.507 e. The molecule has 0 saturated carbocycles. The van der Waals surface area contributed by atoms with E-state index in [9.17, 15) is 5.11 Å². The predicted octanol–water partition coefficient (Wildman–Crippen LogP) is 4.66. The standard InChI is InChI=1S/C15H15BrClNO/c1-10(12-3-5-13(17)6-4-12)18-9-11-2-7-15(19)14(16)8-11/h2-8,10,18-19H,9H2,1H3/t10-/m1/s1. The van der Waals surface area contributed by atoms with Crippen LogP contribution < -0.4 is 5.32 Å². The first-order valence-electron chi connectivity index (χ1n) is 6.02. The molecule has 100 valence electrons. The Labute approximate surface area is 126 Å². The van der Waals surface area contributed by atoms with E-state index in [-0.39, 0.29) is 11.8 Å². The van der Waals surface area contributed by atoms with Gasteiger partial charge in [-0.25, -0.2) is 0 Å². The zero-order valence-corrected chi connectivity index (χ0v) is 12.9. The minimum atomic E-state index is 0.241. The Balaban J connectivity index is 1.98. The van der Waals surface area contributed by atoms with E-state index in [2.05, 4.69) is 28.2 Å². The van der Waals surface area contributed by atoms with Crippen LogP contribution in [0.3, 0.4) is 0 Å². The number of phenolic OH excluding ortho intramolecular Hbond substituents is 1. The van der Waals surface area contributed by atoms with Crippen LogP contribution in [0.4, 0.5) is 0 Å². The number of rotatable bonds is 4. The first-order valence-corrected chi connectivity index (χ1v) is 7.19. The average Bonchev–Trinajstić information content (AvgIpc) is 2.40. The van der Waals surface area contributed by atoms with Crippen LogP contribution in [0.5, 0.6) is 5.75 Å². The second-order valence-electron chi connectivity index (χ2n) is 4.44. The van der Waals surface area contributed by atoms with Gasteiger partial charge in [-0.2, -0.15) is 0 Å². The van der Waals surface area contributed by atoms with Crippen molar-refractivity contribution in [3.8, 4) is 5.75 Å². The summed E-state index contributed by atoms with van der Waals surface area (Å²) in [4.78, 5) is 0. The maximum Gasteiger partial charge on any atom is 0.129 e. The molecule has 0 radical (unpaired) electrons. The molecular weight excluding hydrogens is 326 g/mol.